The van der Waals surface area contributed by atoms with Crippen molar-refractivity contribution < 1.29 is 9.53 Å². The van der Waals surface area contributed by atoms with Gasteiger partial charge in [-0.1, -0.05) is 24.3 Å². The van der Waals surface area contributed by atoms with Gasteiger partial charge in [0.15, 0.2) is 0 Å². The Morgan fingerprint density at radius 2 is 1.83 bits per heavy atom. The van der Waals surface area contributed by atoms with Crippen LogP contribution in [0, 0.1) is 11.3 Å². The van der Waals surface area contributed by atoms with Gasteiger partial charge in [-0.25, -0.2) is 4.79 Å². The first-order valence-electron chi connectivity index (χ1n) is 7.21. The number of hydrogen-bond acceptors (Lipinski definition) is 5. The van der Waals surface area contributed by atoms with Gasteiger partial charge in [0.1, 0.15) is 6.61 Å². The van der Waals surface area contributed by atoms with Crippen molar-refractivity contribution in [3.05, 3.63) is 80.2 Å². The van der Waals surface area contributed by atoms with Gasteiger partial charge in [0.05, 0.1) is 17.2 Å². The quantitative estimate of drug-likeness (QED) is 0.482. The second-order valence-corrected chi connectivity index (χ2v) is 6.86. The number of nitriles is 1. The van der Waals surface area contributed by atoms with Gasteiger partial charge in [-0.2, -0.15) is 5.26 Å². The molecule has 0 N–H and O–H groups in total. The summed E-state index contributed by atoms with van der Waals surface area (Å²) in [5, 5.41) is 12.7. The highest BCUT2D eigenvalue weighted by Gasteiger charge is 2.15. The van der Waals surface area contributed by atoms with Crippen LogP contribution in [0.4, 0.5) is 0 Å². The molecule has 3 rings (SSSR count). The molecule has 3 nitrogen and oxygen atoms in total. The maximum Gasteiger partial charge on any atom is 0.339 e. The maximum absolute atomic E-state index is 12.5. The smallest absolute Gasteiger partial charge is 0.339 e. The first-order chi connectivity index (χ1) is 11.8. The highest BCUT2D eigenvalue weighted by Crippen LogP contribution is 2.26. The van der Waals surface area contributed by atoms with Crippen molar-refractivity contribution in [2.24, 2.45) is 0 Å². The van der Waals surface area contributed by atoms with Crippen molar-refractivity contribution in [3.8, 4) is 6.07 Å². The molecular formula is C19H13NO2S2. The summed E-state index contributed by atoms with van der Waals surface area (Å²) in [6, 6.07) is 16.8. The summed E-state index contributed by atoms with van der Waals surface area (Å²) in [7, 11) is 0. The van der Waals surface area contributed by atoms with Crippen LogP contribution < -0.4 is 0 Å². The summed E-state index contributed by atoms with van der Waals surface area (Å²) in [5.74, 6) is -0.352. The Balaban J connectivity index is 1.75. The molecule has 118 valence electrons. The fraction of sp³-hybridized carbons (Fsp3) is 0.0526. The second kappa shape index (κ2) is 7.73. The van der Waals surface area contributed by atoms with E-state index >= 15 is 0 Å². The summed E-state index contributed by atoms with van der Waals surface area (Å²) in [4.78, 5) is 14.4. The molecule has 1 aromatic carbocycles. The predicted octanol–water partition coefficient (Wildman–Crippen LogP) is 4.97. The van der Waals surface area contributed by atoms with Gasteiger partial charge in [-0.05, 0) is 46.7 Å². The minimum atomic E-state index is -0.352. The highest BCUT2D eigenvalue weighted by molar-refractivity contribution is 7.12. The lowest BCUT2D eigenvalue weighted by Crippen LogP contribution is -2.06. The largest absolute Gasteiger partial charge is 0.457 e. The molecule has 24 heavy (non-hydrogen) atoms. The molecule has 0 saturated heterocycles. The van der Waals surface area contributed by atoms with Crippen molar-refractivity contribution in [1.82, 2.24) is 0 Å². The molecule has 0 aliphatic heterocycles. The zero-order chi connectivity index (χ0) is 16.8. The number of rotatable bonds is 5. The van der Waals surface area contributed by atoms with Crippen LogP contribution in [0.5, 0.6) is 0 Å². The Hall–Kier alpha value is -2.68. The molecule has 3 aromatic rings. The zero-order valence-electron chi connectivity index (χ0n) is 12.6. The molecule has 0 spiro atoms. The molecular weight excluding hydrogens is 338 g/mol. The van der Waals surface area contributed by atoms with Gasteiger partial charge in [-0.3, -0.25) is 0 Å². The Kier molecular flexibility index (Phi) is 5.22. The van der Waals surface area contributed by atoms with E-state index < -0.39 is 0 Å². The summed E-state index contributed by atoms with van der Waals surface area (Å²) < 4.78 is 5.46. The van der Waals surface area contributed by atoms with Gasteiger partial charge in [0.2, 0.25) is 0 Å². The summed E-state index contributed by atoms with van der Waals surface area (Å²) in [6.07, 6.45) is 1.86. The first kappa shape index (κ1) is 16.2. The van der Waals surface area contributed by atoms with Crippen LogP contribution >= 0.6 is 22.7 Å². The lowest BCUT2D eigenvalue weighted by atomic mass is 10.1. The van der Waals surface area contributed by atoms with Gasteiger partial charge < -0.3 is 4.74 Å². The van der Waals surface area contributed by atoms with Crippen molar-refractivity contribution in [3.63, 3.8) is 0 Å². The molecule has 0 unspecified atom stereocenters. The van der Waals surface area contributed by atoms with Gasteiger partial charge in [0.25, 0.3) is 0 Å². The van der Waals surface area contributed by atoms with Crippen LogP contribution in [0.1, 0.15) is 20.9 Å². The summed E-state index contributed by atoms with van der Waals surface area (Å²) >= 11 is 3.08. The third kappa shape index (κ3) is 3.99. The van der Waals surface area contributed by atoms with Crippen LogP contribution in [0.15, 0.2) is 59.3 Å². The molecule has 0 atom stereocenters. The van der Waals surface area contributed by atoms with E-state index in [1.165, 1.54) is 11.3 Å². The van der Waals surface area contributed by atoms with E-state index in [9.17, 15) is 4.79 Å². The normalized spacial score (nSPS) is 11.0. The fourth-order valence-corrected chi connectivity index (χ4v) is 3.47. The van der Waals surface area contributed by atoms with Crippen LogP contribution in [-0.2, 0) is 16.1 Å². The molecule has 5 heteroatoms. The van der Waals surface area contributed by atoms with Crippen LogP contribution in [0.3, 0.4) is 0 Å². The third-order valence-electron chi connectivity index (χ3n) is 3.29. The van der Waals surface area contributed by atoms with Gasteiger partial charge in [-0.15, -0.1) is 22.7 Å². The van der Waals surface area contributed by atoms with E-state index in [4.69, 9.17) is 10.00 Å². The second-order valence-electron chi connectivity index (χ2n) is 4.94. The monoisotopic (exact) mass is 351 g/mol. The van der Waals surface area contributed by atoms with Crippen LogP contribution in [-0.4, -0.2) is 5.97 Å². The summed E-state index contributed by atoms with van der Waals surface area (Å²) in [6.45, 7) is 0.178. The Bertz CT molecular complexity index is 871. The first-order valence-corrected chi connectivity index (χ1v) is 8.97. The maximum atomic E-state index is 12.5. The molecule has 0 aliphatic carbocycles. The van der Waals surface area contributed by atoms with Gasteiger partial charge in [0, 0.05) is 9.75 Å². The number of thiophene rings is 2. The van der Waals surface area contributed by atoms with E-state index in [2.05, 4.69) is 6.07 Å². The average Bonchev–Trinajstić information content (AvgIpc) is 3.31. The molecule has 0 fully saturated rings. The minimum absolute atomic E-state index is 0.178. The molecule has 0 bridgehead atoms. The number of ether oxygens (including phenoxy) is 1. The molecule has 0 saturated carbocycles. The number of carbonyl (C=O) groups is 1. The van der Waals surface area contributed by atoms with E-state index in [0.29, 0.717) is 11.1 Å². The van der Waals surface area contributed by atoms with Crippen LogP contribution in [0.2, 0.25) is 0 Å². The number of carbonyl (C=O) groups excluding carboxylic acids is 1. The highest BCUT2D eigenvalue weighted by atomic mass is 32.1. The molecule has 0 radical (unpaired) electrons. The molecule has 2 heterocycles. The number of esters is 1. The van der Waals surface area contributed by atoms with E-state index in [1.807, 2.05) is 41.1 Å². The van der Waals surface area contributed by atoms with Gasteiger partial charge >= 0.3 is 5.97 Å². The molecule has 0 amide bonds. The lowest BCUT2D eigenvalue weighted by molar-refractivity contribution is -0.137. The fourth-order valence-electron chi connectivity index (χ4n) is 2.08. The standard InChI is InChI=1S/C19H13NO2S2/c20-12-14-5-7-15(8-6-14)13-22-19(21)17(18-4-2-10-24-18)11-16-3-1-9-23-16/h1-11H,13H2/b17-11-. The van der Waals surface area contributed by atoms with Crippen LogP contribution in [0.25, 0.3) is 11.6 Å². The number of benzene rings is 1. The summed E-state index contributed by atoms with van der Waals surface area (Å²) in [5.41, 5.74) is 1.99. The van der Waals surface area contributed by atoms with Crippen molar-refractivity contribution in [1.29, 1.82) is 5.26 Å². The third-order valence-corrected chi connectivity index (χ3v) is 5.01. The molecule has 2 aromatic heterocycles. The van der Waals surface area contributed by atoms with E-state index in [-0.39, 0.29) is 12.6 Å². The lowest BCUT2D eigenvalue weighted by Gasteiger charge is -2.07. The van der Waals surface area contributed by atoms with E-state index in [1.54, 1.807) is 35.6 Å². The Morgan fingerprint density at radius 1 is 1.08 bits per heavy atom. The van der Waals surface area contributed by atoms with Crippen molar-refractivity contribution in [2.45, 2.75) is 6.61 Å². The topological polar surface area (TPSA) is 50.1 Å². The Labute approximate surface area is 148 Å². The number of nitrogens with zero attached hydrogens (tertiary/aromatic N) is 1. The van der Waals surface area contributed by atoms with Crippen molar-refractivity contribution in [2.75, 3.05) is 0 Å². The SMILES string of the molecule is N#Cc1ccc(COC(=O)/C(=C\c2cccs2)c2cccs2)cc1. The average molecular weight is 351 g/mol. The predicted molar refractivity (Wildman–Crippen MR) is 97.5 cm³/mol. The molecule has 0 aliphatic rings. The zero-order valence-corrected chi connectivity index (χ0v) is 14.3. The minimum Gasteiger partial charge on any atom is -0.457 e. The van der Waals surface area contributed by atoms with E-state index in [0.717, 1.165) is 15.3 Å². The number of hydrogen-bond donors (Lipinski definition) is 0. The van der Waals surface area contributed by atoms with Crippen molar-refractivity contribution >= 4 is 40.3 Å². The Morgan fingerprint density at radius 3 is 2.46 bits per heavy atom.